The van der Waals surface area contributed by atoms with E-state index in [9.17, 15) is 9.59 Å². The van der Waals surface area contributed by atoms with E-state index >= 15 is 0 Å². The van der Waals surface area contributed by atoms with E-state index in [2.05, 4.69) is 5.32 Å². The van der Waals surface area contributed by atoms with Gasteiger partial charge in [0.05, 0.1) is 6.10 Å². The molecule has 128 valence electrons. The van der Waals surface area contributed by atoms with Crippen LogP contribution in [0.3, 0.4) is 0 Å². The molecule has 1 unspecified atom stereocenters. The van der Waals surface area contributed by atoms with Gasteiger partial charge in [-0.1, -0.05) is 30.3 Å². The Morgan fingerprint density at radius 1 is 1.17 bits per heavy atom. The number of ether oxygens (including phenoxy) is 1. The summed E-state index contributed by atoms with van der Waals surface area (Å²) in [7, 11) is 0. The number of amides is 2. The smallest absolute Gasteiger partial charge is 0.242 e. The zero-order chi connectivity index (χ0) is 17.2. The molecule has 1 atom stereocenters. The second-order valence-corrected chi connectivity index (χ2v) is 5.87. The SMILES string of the molecule is CC(=O)N(Cc1ccccc1)C(C)C(=O)NCCCOC(C)C. The van der Waals surface area contributed by atoms with Gasteiger partial charge in [-0.25, -0.2) is 0 Å². The predicted octanol–water partition coefficient (Wildman–Crippen LogP) is 2.35. The average Bonchev–Trinajstić information content (AvgIpc) is 2.51. The second kappa shape index (κ2) is 10.0. The molecule has 23 heavy (non-hydrogen) atoms. The Morgan fingerprint density at radius 2 is 1.83 bits per heavy atom. The Balaban J connectivity index is 2.48. The number of benzene rings is 1. The van der Waals surface area contributed by atoms with Gasteiger partial charge in [-0.05, 0) is 32.8 Å². The molecule has 1 N–H and O–H groups in total. The third-order valence-electron chi connectivity index (χ3n) is 3.52. The molecule has 1 rings (SSSR count). The van der Waals surface area contributed by atoms with E-state index in [1.807, 2.05) is 44.2 Å². The Bertz CT molecular complexity index is 488. The number of hydrogen-bond acceptors (Lipinski definition) is 3. The van der Waals surface area contributed by atoms with E-state index in [1.165, 1.54) is 6.92 Å². The van der Waals surface area contributed by atoms with Crippen LogP contribution in [0.2, 0.25) is 0 Å². The average molecular weight is 320 g/mol. The lowest BCUT2D eigenvalue weighted by atomic mass is 10.1. The topological polar surface area (TPSA) is 58.6 Å². The molecule has 0 aliphatic heterocycles. The predicted molar refractivity (Wildman–Crippen MR) is 90.8 cm³/mol. The summed E-state index contributed by atoms with van der Waals surface area (Å²) in [5.74, 6) is -0.250. The molecular weight excluding hydrogens is 292 g/mol. The van der Waals surface area contributed by atoms with E-state index in [0.29, 0.717) is 19.7 Å². The van der Waals surface area contributed by atoms with E-state index in [4.69, 9.17) is 4.74 Å². The summed E-state index contributed by atoms with van der Waals surface area (Å²) >= 11 is 0. The van der Waals surface area contributed by atoms with Gasteiger partial charge < -0.3 is 15.0 Å². The van der Waals surface area contributed by atoms with Crippen LogP contribution in [0.4, 0.5) is 0 Å². The fraction of sp³-hybridized carbons (Fsp3) is 0.556. The van der Waals surface area contributed by atoms with Gasteiger partial charge >= 0.3 is 0 Å². The molecule has 0 spiro atoms. The summed E-state index contributed by atoms with van der Waals surface area (Å²) in [5.41, 5.74) is 1.01. The highest BCUT2D eigenvalue weighted by Gasteiger charge is 2.23. The Morgan fingerprint density at radius 3 is 2.39 bits per heavy atom. The summed E-state index contributed by atoms with van der Waals surface area (Å²) < 4.78 is 5.43. The molecule has 0 saturated heterocycles. The fourth-order valence-corrected chi connectivity index (χ4v) is 2.19. The quantitative estimate of drug-likeness (QED) is 0.711. The molecule has 5 nitrogen and oxygen atoms in total. The van der Waals surface area contributed by atoms with Gasteiger partial charge in [-0.2, -0.15) is 0 Å². The highest BCUT2D eigenvalue weighted by Crippen LogP contribution is 2.09. The summed E-state index contributed by atoms with van der Waals surface area (Å²) in [6.07, 6.45) is 0.957. The van der Waals surface area contributed by atoms with Crippen LogP contribution in [-0.2, 0) is 20.9 Å². The molecule has 0 aliphatic rings. The van der Waals surface area contributed by atoms with Crippen molar-refractivity contribution < 1.29 is 14.3 Å². The van der Waals surface area contributed by atoms with Crippen LogP contribution in [0.1, 0.15) is 39.7 Å². The lowest BCUT2D eigenvalue weighted by molar-refractivity contribution is -0.139. The molecule has 0 bridgehead atoms. The van der Waals surface area contributed by atoms with Crippen molar-refractivity contribution in [3.8, 4) is 0 Å². The lowest BCUT2D eigenvalue weighted by Gasteiger charge is -2.27. The summed E-state index contributed by atoms with van der Waals surface area (Å²) in [6, 6.07) is 9.17. The van der Waals surface area contributed by atoms with Crippen LogP contribution in [0.25, 0.3) is 0 Å². The Hall–Kier alpha value is -1.88. The number of carbonyl (C=O) groups excluding carboxylic acids is 2. The first kappa shape index (κ1) is 19.2. The van der Waals surface area contributed by atoms with Gasteiger partial charge in [0.2, 0.25) is 11.8 Å². The van der Waals surface area contributed by atoms with E-state index in [0.717, 1.165) is 12.0 Å². The molecule has 0 aromatic heterocycles. The molecule has 1 aromatic rings. The monoisotopic (exact) mass is 320 g/mol. The van der Waals surface area contributed by atoms with Crippen molar-refractivity contribution in [3.05, 3.63) is 35.9 Å². The summed E-state index contributed by atoms with van der Waals surface area (Å²) in [6.45, 7) is 8.80. The number of carbonyl (C=O) groups is 2. The van der Waals surface area contributed by atoms with Crippen LogP contribution in [0, 0.1) is 0 Å². The lowest BCUT2D eigenvalue weighted by Crippen LogP contribution is -2.47. The molecule has 2 amide bonds. The Labute approximate surface area is 139 Å². The molecular formula is C18H28N2O3. The van der Waals surface area contributed by atoms with Crippen molar-refractivity contribution in [1.82, 2.24) is 10.2 Å². The largest absolute Gasteiger partial charge is 0.379 e. The standard InChI is InChI=1S/C18H28N2O3/c1-14(2)23-12-8-11-19-18(22)15(3)20(16(4)21)13-17-9-6-5-7-10-17/h5-7,9-10,14-15H,8,11-13H2,1-4H3,(H,19,22). The van der Waals surface area contributed by atoms with Crippen molar-refractivity contribution in [3.63, 3.8) is 0 Å². The van der Waals surface area contributed by atoms with Gasteiger partial charge in [0.25, 0.3) is 0 Å². The van der Waals surface area contributed by atoms with Crippen LogP contribution < -0.4 is 5.32 Å². The maximum Gasteiger partial charge on any atom is 0.242 e. The van der Waals surface area contributed by atoms with Crippen molar-refractivity contribution in [2.75, 3.05) is 13.2 Å². The minimum atomic E-state index is -0.501. The first-order valence-corrected chi connectivity index (χ1v) is 8.12. The molecule has 5 heteroatoms. The minimum Gasteiger partial charge on any atom is -0.379 e. The van der Waals surface area contributed by atoms with E-state index in [1.54, 1.807) is 11.8 Å². The summed E-state index contributed by atoms with van der Waals surface area (Å²) in [5, 5.41) is 2.86. The first-order valence-electron chi connectivity index (χ1n) is 8.12. The van der Waals surface area contributed by atoms with Crippen LogP contribution in [-0.4, -0.2) is 42.0 Å². The van der Waals surface area contributed by atoms with Gasteiger partial charge in [0, 0.05) is 26.6 Å². The van der Waals surface area contributed by atoms with E-state index < -0.39 is 6.04 Å². The normalized spacial score (nSPS) is 12.0. The van der Waals surface area contributed by atoms with Crippen molar-refractivity contribution in [2.45, 2.75) is 52.8 Å². The summed E-state index contributed by atoms with van der Waals surface area (Å²) in [4.78, 5) is 25.7. The van der Waals surface area contributed by atoms with Crippen molar-refractivity contribution >= 4 is 11.8 Å². The second-order valence-electron chi connectivity index (χ2n) is 5.87. The Kier molecular flexibility index (Phi) is 8.33. The molecule has 0 radical (unpaired) electrons. The van der Waals surface area contributed by atoms with Crippen LogP contribution in [0.15, 0.2) is 30.3 Å². The maximum atomic E-state index is 12.2. The van der Waals surface area contributed by atoms with Crippen molar-refractivity contribution in [1.29, 1.82) is 0 Å². The zero-order valence-corrected chi connectivity index (χ0v) is 14.5. The number of nitrogens with zero attached hydrogens (tertiary/aromatic N) is 1. The maximum absolute atomic E-state index is 12.2. The van der Waals surface area contributed by atoms with Crippen molar-refractivity contribution in [2.24, 2.45) is 0 Å². The molecule has 0 heterocycles. The highest BCUT2D eigenvalue weighted by molar-refractivity contribution is 5.86. The fourth-order valence-electron chi connectivity index (χ4n) is 2.19. The third kappa shape index (κ3) is 7.28. The molecule has 0 fully saturated rings. The highest BCUT2D eigenvalue weighted by atomic mass is 16.5. The minimum absolute atomic E-state index is 0.111. The molecule has 1 aromatic carbocycles. The third-order valence-corrected chi connectivity index (χ3v) is 3.52. The number of rotatable bonds is 9. The molecule has 0 aliphatic carbocycles. The molecule has 0 saturated carbocycles. The van der Waals surface area contributed by atoms with Gasteiger partial charge in [-0.3, -0.25) is 9.59 Å². The van der Waals surface area contributed by atoms with Gasteiger partial charge in [0.15, 0.2) is 0 Å². The number of nitrogens with one attached hydrogen (secondary N) is 1. The van der Waals surface area contributed by atoms with Crippen LogP contribution >= 0.6 is 0 Å². The van der Waals surface area contributed by atoms with Gasteiger partial charge in [-0.15, -0.1) is 0 Å². The van der Waals surface area contributed by atoms with E-state index in [-0.39, 0.29) is 17.9 Å². The van der Waals surface area contributed by atoms with Crippen LogP contribution in [0.5, 0.6) is 0 Å². The zero-order valence-electron chi connectivity index (χ0n) is 14.5. The number of hydrogen-bond donors (Lipinski definition) is 1. The first-order chi connectivity index (χ1) is 10.9. The van der Waals surface area contributed by atoms with Gasteiger partial charge in [0.1, 0.15) is 6.04 Å².